The summed E-state index contributed by atoms with van der Waals surface area (Å²) < 4.78 is 32.1. The Morgan fingerprint density at radius 3 is 2.36 bits per heavy atom. The molecule has 1 aliphatic carbocycles. The molecule has 1 atom stereocenters. The first-order valence-electron chi connectivity index (χ1n) is 4.34. The van der Waals surface area contributed by atoms with Crippen LogP contribution in [0.3, 0.4) is 0 Å². The van der Waals surface area contributed by atoms with Gasteiger partial charge in [-0.1, -0.05) is 0 Å². The maximum atomic E-state index is 10.7. The van der Waals surface area contributed by atoms with Gasteiger partial charge >= 0.3 is 29.6 Å². The number of β-amino-alcohol motifs (C(OH)–C–C–N with tert-alkyl or cyclic N) is 1. The molecule has 14 heavy (non-hydrogen) atoms. The Labute approximate surface area is 106 Å². The summed E-state index contributed by atoms with van der Waals surface area (Å²) in [4.78, 5) is -0.148. The van der Waals surface area contributed by atoms with E-state index in [1.807, 2.05) is 4.90 Å². The van der Waals surface area contributed by atoms with Crippen molar-refractivity contribution in [2.24, 2.45) is 0 Å². The zero-order chi connectivity index (χ0) is 9.69. The minimum absolute atomic E-state index is 0. The van der Waals surface area contributed by atoms with Crippen molar-refractivity contribution >= 4 is 10.1 Å². The summed E-state index contributed by atoms with van der Waals surface area (Å²) in [5, 5.41) is 9.53. The van der Waals surface area contributed by atoms with Gasteiger partial charge in [-0.05, 0) is 12.8 Å². The van der Waals surface area contributed by atoms with E-state index in [4.69, 9.17) is 0 Å². The van der Waals surface area contributed by atoms with Crippen LogP contribution < -0.4 is 29.6 Å². The molecule has 2 aliphatic rings. The van der Waals surface area contributed by atoms with E-state index in [-0.39, 0.29) is 42.5 Å². The molecule has 7 heteroatoms. The molecule has 5 nitrogen and oxygen atoms in total. The molecule has 2 rings (SSSR count). The fourth-order valence-electron chi connectivity index (χ4n) is 1.75. The normalized spacial score (nSPS) is 34.1. The van der Waals surface area contributed by atoms with Crippen LogP contribution in [0.2, 0.25) is 0 Å². The van der Waals surface area contributed by atoms with E-state index in [9.17, 15) is 18.1 Å². The van der Waals surface area contributed by atoms with E-state index in [0.717, 1.165) is 12.8 Å². The van der Waals surface area contributed by atoms with Gasteiger partial charge in [0.2, 0.25) is 0 Å². The van der Waals surface area contributed by atoms with E-state index in [1.165, 1.54) is 0 Å². The summed E-state index contributed by atoms with van der Waals surface area (Å²) in [5.41, 5.74) is 0. The molecule has 0 spiro atoms. The van der Waals surface area contributed by atoms with Crippen LogP contribution in [-0.4, -0.2) is 47.0 Å². The van der Waals surface area contributed by atoms with Crippen molar-refractivity contribution in [2.75, 3.05) is 13.1 Å². The second kappa shape index (κ2) is 4.01. The topological polar surface area (TPSA) is 80.7 Å². The van der Waals surface area contributed by atoms with Gasteiger partial charge in [0.05, 0.1) is 0 Å². The molecule has 0 aromatic heterocycles. The van der Waals surface area contributed by atoms with Gasteiger partial charge in [0, 0.05) is 25.6 Å². The summed E-state index contributed by atoms with van der Waals surface area (Å²) in [7, 11) is -4.58. The second-order valence-electron chi connectivity index (χ2n) is 3.85. The van der Waals surface area contributed by atoms with Crippen LogP contribution in [0.4, 0.5) is 0 Å². The molecule has 0 amide bonds. The molecule has 0 bridgehead atoms. The maximum absolute atomic E-state index is 10.7. The van der Waals surface area contributed by atoms with E-state index >= 15 is 0 Å². The second-order valence-corrected chi connectivity index (χ2v) is 5.52. The number of nitrogens with zero attached hydrogens (tertiary/aromatic N) is 1. The number of hydrogen-bond donors (Lipinski definition) is 1. The van der Waals surface area contributed by atoms with Gasteiger partial charge in [-0.15, -0.1) is 0 Å². The standard InChI is InChI=1S/C7H13NO4S.Na/c9-7(13(10,11)12)3-4-8(5-7)6-1-2-6;/h6,9H,1-5H2,(H,10,11,12);/q;+1/p-1. The molecule has 1 saturated heterocycles. The third kappa shape index (κ3) is 2.32. The van der Waals surface area contributed by atoms with Crippen LogP contribution >= 0.6 is 0 Å². The first-order valence-corrected chi connectivity index (χ1v) is 5.75. The number of likely N-dealkylation sites (tertiary alicyclic amines) is 1. The van der Waals surface area contributed by atoms with Crippen molar-refractivity contribution in [3.63, 3.8) is 0 Å². The van der Waals surface area contributed by atoms with Gasteiger partial charge in [-0.2, -0.15) is 0 Å². The van der Waals surface area contributed by atoms with Crippen molar-refractivity contribution < 1.29 is 47.6 Å². The molecule has 1 unspecified atom stereocenters. The molecule has 1 N–H and O–H groups in total. The van der Waals surface area contributed by atoms with Crippen LogP contribution in [0.15, 0.2) is 0 Å². The van der Waals surface area contributed by atoms with E-state index in [2.05, 4.69) is 0 Å². The van der Waals surface area contributed by atoms with Gasteiger partial charge in [0.25, 0.3) is 0 Å². The Morgan fingerprint density at radius 2 is 2.00 bits per heavy atom. The molecule has 0 aromatic carbocycles. The molecule has 1 heterocycles. The fourth-order valence-corrected chi connectivity index (χ4v) is 2.41. The summed E-state index contributed by atoms with van der Waals surface area (Å²) in [6.45, 7) is 0.506. The Morgan fingerprint density at radius 1 is 1.43 bits per heavy atom. The SMILES string of the molecule is O=S(=O)([O-])C1(O)CCN(C2CC2)C1.[Na+]. The Hall–Kier alpha value is 0.830. The summed E-state index contributed by atoms with van der Waals surface area (Å²) in [6, 6.07) is 0.399. The quantitative estimate of drug-likeness (QED) is 0.386. The fraction of sp³-hybridized carbons (Fsp3) is 1.00. The summed E-state index contributed by atoms with van der Waals surface area (Å²) >= 11 is 0. The maximum Gasteiger partial charge on any atom is 1.00 e. The van der Waals surface area contributed by atoms with Crippen molar-refractivity contribution in [3.8, 4) is 0 Å². The molecule has 0 radical (unpaired) electrons. The number of aliphatic hydroxyl groups is 1. The van der Waals surface area contributed by atoms with Crippen LogP contribution in [-0.2, 0) is 10.1 Å². The van der Waals surface area contributed by atoms with Crippen LogP contribution in [0.5, 0.6) is 0 Å². The van der Waals surface area contributed by atoms with Gasteiger partial charge in [0.15, 0.2) is 4.93 Å². The summed E-state index contributed by atoms with van der Waals surface area (Å²) in [5.74, 6) is 0. The average Bonchev–Trinajstić information content (AvgIpc) is 2.74. The monoisotopic (exact) mass is 229 g/mol. The first kappa shape index (κ1) is 12.9. The molecular formula is C7H12NNaO4S. The molecule has 76 valence electrons. The van der Waals surface area contributed by atoms with Crippen LogP contribution in [0.25, 0.3) is 0 Å². The van der Waals surface area contributed by atoms with Crippen molar-refractivity contribution in [1.82, 2.24) is 4.90 Å². The van der Waals surface area contributed by atoms with Gasteiger partial charge in [-0.25, -0.2) is 8.42 Å². The molecular weight excluding hydrogens is 217 g/mol. The van der Waals surface area contributed by atoms with E-state index in [1.54, 1.807) is 0 Å². The smallest absolute Gasteiger partial charge is 0.746 e. The largest absolute Gasteiger partial charge is 1.00 e. The Balaban J connectivity index is 0.000000980. The molecule has 1 aliphatic heterocycles. The predicted octanol–water partition coefficient (Wildman–Crippen LogP) is -3.91. The molecule has 2 fully saturated rings. The Bertz CT molecular complexity index is 316. The average molecular weight is 229 g/mol. The zero-order valence-corrected chi connectivity index (χ0v) is 11.0. The molecule has 1 saturated carbocycles. The first-order chi connectivity index (χ1) is 5.92. The van der Waals surface area contributed by atoms with Crippen LogP contribution in [0, 0.1) is 0 Å². The van der Waals surface area contributed by atoms with Crippen LogP contribution in [0.1, 0.15) is 19.3 Å². The predicted molar refractivity (Wildman–Crippen MR) is 43.9 cm³/mol. The third-order valence-electron chi connectivity index (χ3n) is 2.77. The van der Waals surface area contributed by atoms with Crippen molar-refractivity contribution in [3.05, 3.63) is 0 Å². The van der Waals surface area contributed by atoms with Gasteiger partial charge in [0.1, 0.15) is 10.1 Å². The third-order valence-corrected chi connectivity index (χ3v) is 4.03. The zero-order valence-electron chi connectivity index (χ0n) is 8.14. The Kier molecular flexibility index (Phi) is 3.69. The molecule has 0 aromatic rings. The van der Waals surface area contributed by atoms with Gasteiger partial charge < -0.3 is 9.66 Å². The van der Waals surface area contributed by atoms with Crippen molar-refractivity contribution in [1.29, 1.82) is 0 Å². The summed E-state index contributed by atoms with van der Waals surface area (Å²) in [6.07, 6.45) is 2.15. The van der Waals surface area contributed by atoms with E-state index in [0.29, 0.717) is 12.6 Å². The minimum atomic E-state index is -4.58. The number of rotatable bonds is 2. The van der Waals surface area contributed by atoms with Crippen molar-refractivity contribution in [2.45, 2.75) is 30.2 Å². The van der Waals surface area contributed by atoms with Gasteiger partial charge in [-0.3, -0.25) is 4.90 Å². The minimum Gasteiger partial charge on any atom is -0.746 e. The number of hydrogen-bond acceptors (Lipinski definition) is 5. The van der Waals surface area contributed by atoms with E-state index < -0.39 is 15.1 Å².